The second-order valence-electron chi connectivity index (χ2n) is 5.93. The lowest BCUT2D eigenvalue weighted by Crippen LogP contribution is -2.40. The van der Waals surface area contributed by atoms with Crippen LogP contribution in [-0.2, 0) is 19.1 Å². The van der Waals surface area contributed by atoms with E-state index in [0.717, 1.165) is 12.8 Å². The summed E-state index contributed by atoms with van der Waals surface area (Å²) in [6.07, 6.45) is 2.09. The highest BCUT2D eigenvalue weighted by Gasteiger charge is 2.23. The fraction of sp³-hybridized carbons (Fsp3) is 0.857. The van der Waals surface area contributed by atoms with E-state index in [0.29, 0.717) is 13.2 Å². The van der Waals surface area contributed by atoms with Gasteiger partial charge in [0.1, 0.15) is 5.60 Å². The van der Waals surface area contributed by atoms with E-state index in [1.54, 1.807) is 11.9 Å². The molecule has 1 rings (SSSR count). The molecular weight excluding hydrogens is 246 g/mol. The van der Waals surface area contributed by atoms with Crippen LogP contribution in [0.2, 0.25) is 0 Å². The van der Waals surface area contributed by atoms with E-state index in [4.69, 9.17) is 9.47 Å². The van der Waals surface area contributed by atoms with Crippen LogP contribution in [0.4, 0.5) is 0 Å². The number of amides is 1. The van der Waals surface area contributed by atoms with E-state index in [1.165, 1.54) is 0 Å². The summed E-state index contributed by atoms with van der Waals surface area (Å²) in [5.74, 6) is -0.320. The standard InChI is InChI=1S/C14H25NO4/c1-14(2,3)19-13(17)6-5-12(16)15(4)11-7-9-18-10-8-11/h11H,5-10H2,1-4H3. The van der Waals surface area contributed by atoms with E-state index in [9.17, 15) is 9.59 Å². The number of hydrogen-bond donors (Lipinski definition) is 0. The summed E-state index contributed by atoms with van der Waals surface area (Å²) in [5.41, 5.74) is -0.493. The van der Waals surface area contributed by atoms with Crippen molar-refractivity contribution in [3.63, 3.8) is 0 Å². The van der Waals surface area contributed by atoms with Crippen LogP contribution >= 0.6 is 0 Å². The summed E-state index contributed by atoms with van der Waals surface area (Å²) >= 11 is 0. The summed E-state index contributed by atoms with van der Waals surface area (Å²) in [4.78, 5) is 25.3. The molecule has 1 aliphatic heterocycles. The smallest absolute Gasteiger partial charge is 0.306 e. The largest absolute Gasteiger partial charge is 0.460 e. The molecule has 1 saturated heterocycles. The van der Waals surface area contributed by atoms with Crippen molar-refractivity contribution in [2.75, 3.05) is 20.3 Å². The normalized spacial score (nSPS) is 17.1. The van der Waals surface area contributed by atoms with Crippen molar-refractivity contribution in [3.05, 3.63) is 0 Å². The zero-order valence-electron chi connectivity index (χ0n) is 12.4. The maximum atomic E-state index is 12.0. The van der Waals surface area contributed by atoms with E-state index in [2.05, 4.69) is 0 Å². The number of carbonyl (C=O) groups is 2. The summed E-state index contributed by atoms with van der Waals surface area (Å²) in [6, 6.07) is 0.236. The molecule has 0 aromatic heterocycles. The number of esters is 1. The highest BCUT2D eigenvalue weighted by atomic mass is 16.6. The maximum Gasteiger partial charge on any atom is 0.306 e. The van der Waals surface area contributed by atoms with Gasteiger partial charge >= 0.3 is 5.97 Å². The minimum absolute atomic E-state index is 0.00207. The predicted octanol–water partition coefficient (Wildman–Crippen LogP) is 1.75. The van der Waals surface area contributed by atoms with Gasteiger partial charge < -0.3 is 14.4 Å². The van der Waals surface area contributed by atoms with Crippen LogP contribution in [-0.4, -0.2) is 48.7 Å². The molecule has 1 amide bonds. The lowest BCUT2D eigenvalue weighted by Gasteiger charge is -2.31. The molecule has 0 spiro atoms. The first kappa shape index (κ1) is 16.0. The number of rotatable bonds is 4. The van der Waals surface area contributed by atoms with Gasteiger partial charge in [0.25, 0.3) is 0 Å². The second kappa shape index (κ2) is 6.89. The van der Waals surface area contributed by atoms with Crippen LogP contribution in [0.1, 0.15) is 46.5 Å². The van der Waals surface area contributed by atoms with Crippen molar-refractivity contribution in [1.29, 1.82) is 0 Å². The Morgan fingerprint density at radius 2 is 1.79 bits per heavy atom. The van der Waals surface area contributed by atoms with E-state index >= 15 is 0 Å². The van der Waals surface area contributed by atoms with Gasteiger partial charge in [0.05, 0.1) is 6.42 Å². The van der Waals surface area contributed by atoms with Crippen molar-refractivity contribution in [2.24, 2.45) is 0 Å². The first-order valence-corrected chi connectivity index (χ1v) is 6.85. The Hall–Kier alpha value is -1.10. The van der Waals surface area contributed by atoms with Gasteiger partial charge in [-0.2, -0.15) is 0 Å². The number of nitrogens with zero attached hydrogens (tertiary/aromatic N) is 1. The Labute approximate surface area is 115 Å². The molecule has 0 saturated carbocycles. The number of carbonyl (C=O) groups excluding carboxylic acids is 2. The van der Waals surface area contributed by atoms with Crippen molar-refractivity contribution in [3.8, 4) is 0 Å². The summed E-state index contributed by atoms with van der Waals surface area (Å²) in [6.45, 7) is 6.87. The zero-order chi connectivity index (χ0) is 14.5. The minimum Gasteiger partial charge on any atom is -0.460 e. The molecule has 110 valence electrons. The van der Waals surface area contributed by atoms with Gasteiger partial charge in [0.15, 0.2) is 0 Å². The lowest BCUT2D eigenvalue weighted by molar-refractivity contribution is -0.156. The maximum absolute atomic E-state index is 12.0. The van der Waals surface area contributed by atoms with Gasteiger partial charge in [-0.3, -0.25) is 9.59 Å². The highest BCUT2D eigenvalue weighted by Crippen LogP contribution is 2.15. The molecule has 19 heavy (non-hydrogen) atoms. The molecule has 0 unspecified atom stereocenters. The third-order valence-electron chi connectivity index (χ3n) is 3.09. The van der Waals surface area contributed by atoms with E-state index < -0.39 is 5.60 Å². The molecular formula is C14H25NO4. The number of hydrogen-bond acceptors (Lipinski definition) is 4. The molecule has 1 aliphatic rings. The Morgan fingerprint density at radius 3 is 2.32 bits per heavy atom. The van der Waals surface area contributed by atoms with E-state index in [-0.39, 0.29) is 30.8 Å². The molecule has 0 aromatic rings. The topological polar surface area (TPSA) is 55.8 Å². The fourth-order valence-electron chi connectivity index (χ4n) is 2.05. The summed E-state index contributed by atoms with van der Waals surface area (Å²) in [7, 11) is 1.80. The van der Waals surface area contributed by atoms with Gasteiger partial charge in [0.2, 0.25) is 5.91 Å². The van der Waals surface area contributed by atoms with E-state index in [1.807, 2.05) is 20.8 Å². The lowest BCUT2D eigenvalue weighted by atomic mass is 10.1. The summed E-state index contributed by atoms with van der Waals surface area (Å²) in [5, 5.41) is 0. The second-order valence-corrected chi connectivity index (χ2v) is 5.93. The SMILES string of the molecule is CN(C(=O)CCC(=O)OC(C)(C)C)C1CCOCC1. The monoisotopic (exact) mass is 271 g/mol. The Morgan fingerprint density at radius 1 is 1.21 bits per heavy atom. The first-order chi connectivity index (χ1) is 8.79. The quantitative estimate of drug-likeness (QED) is 0.731. The van der Waals surface area contributed by atoms with Gasteiger partial charge in [-0.25, -0.2) is 0 Å². The van der Waals surface area contributed by atoms with Gasteiger partial charge in [-0.15, -0.1) is 0 Å². The average Bonchev–Trinajstić information content (AvgIpc) is 2.34. The average molecular weight is 271 g/mol. The fourth-order valence-corrected chi connectivity index (χ4v) is 2.05. The Bertz CT molecular complexity index is 316. The highest BCUT2D eigenvalue weighted by molar-refractivity contribution is 5.81. The van der Waals surface area contributed by atoms with Crippen LogP contribution in [0.3, 0.4) is 0 Å². The van der Waals surface area contributed by atoms with Crippen LogP contribution in [0.5, 0.6) is 0 Å². The molecule has 0 radical (unpaired) electrons. The van der Waals surface area contributed by atoms with Crippen molar-refractivity contribution < 1.29 is 19.1 Å². The van der Waals surface area contributed by atoms with Crippen LogP contribution in [0.25, 0.3) is 0 Å². The molecule has 0 bridgehead atoms. The molecule has 1 heterocycles. The minimum atomic E-state index is -0.493. The molecule has 5 nitrogen and oxygen atoms in total. The molecule has 0 aromatic carbocycles. The molecule has 0 atom stereocenters. The third kappa shape index (κ3) is 6.05. The molecule has 1 fully saturated rings. The van der Waals surface area contributed by atoms with Crippen molar-refractivity contribution >= 4 is 11.9 Å². The van der Waals surface area contributed by atoms with Gasteiger partial charge in [-0.1, -0.05) is 0 Å². The summed E-state index contributed by atoms with van der Waals surface area (Å²) < 4.78 is 10.5. The molecule has 5 heteroatoms. The van der Waals surface area contributed by atoms with Crippen molar-refractivity contribution in [1.82, 2.24) is 4.90 Å². The Kier molecular flexibility index (Phi) is 5.79. The van der Waals surface area contributed by atoms with Gasteiger partial charge in [0, 0.05) is 32.7 Å². The third-order valence-corrected chi connectivity index (χ3v) is 3.09. The van der Waals surface area contributed by atoms with Crippen LogP contribution < -0.4 is 0 Å². The van der Waals surface area contributed by atoms with Crippen molar-refractivity contribution in [2.45, 2.75) is 58.1 Å². The van der Waals surface area contributed by atoms with Gasteiger partial charge in [-0.05, 0) is 33.6 Å². The van der Waals surface area contributed by atoms with Crippen LogP contribution in [0.15, 0.2) is 0 Å². The number of ether oxygens (including phenoxy) is 2. The first-order valence-electron chi connectivity index (χ1n) is 6.85. The predicted molar refractivity (Wildman–Crippen MR) is 71.7 cm³/mol. The zero-order valence-corrected chi connectivity index (χ0v) is 12.4. The van der Waals surface area contributed by atoms with Crippen LogP contribution in [0, 0.1) is 0 Å². The molecule has 0 aliphatic carbocycles. The Balaban J connectivity index is 2.32. The molecule has 0 N–H and O–H groups in total.